The molecule has 0 saturated heterocycles. The van der Waals surface area contributed by atoms with E-state index in [0.29, 0.717) is 0 Å². The van der Waals surface area contributed by atoms with Gasteiger partial charge >= 0.3 is 0 Å². The lowest BCUT2D eigenvalue weighted by molar-refractivity contribution is 0.530. The maximum absolute atomic E-state index is 12.7. The Kier molecular flexibility index (Phi) is 6.82. The summed E-state index contributed by atoms with van der Waals surface area (Å²) in [6, 6.07) is 5.84. The van der Waals surface area contributed by atoms with E-state index >= 15 is 0 Å². The molecule has 0 fully saturated rings. The lowest BCUT2D eigenvalue weighted by Gasteiger charge is -2.11. The molecule has 126 valence electrons. The molecule has 2 rings (SSSR count). The molecule has 23 heavy (non-hydrogen) atoms. The van der Waals surface area contributed by atoms with Crippen LogP contribution in [-0.2, 0) is 6.54 Å². The van der Waals surface area contributed by atoms with Crippen LogP contribution in [0.1, 0.15) is 69.7 Å². The molecule has 0 spiro atoms. The van der Waals surface area contributed by atoms with E-state index in [4.69, 9.17) is 0 Å². The third-order valence-electron chi connectivity index (χ3n) is 4.61. The minimum absolute atomic E-state index is 0.110. The highest BCUT2D eigenvalue weighted by Crippen LogP contribution is 2.14. The van der Waals surface area contributed by atoms with Crippen LogP contribution >= 0.6 is 0 Å². The molecular weight excluding hydrogens is 284 g/mol. The molecule has 0 aliphatic carbocycles. The lowest BCUT2D eigenvalue weighted by atomic mass is 10.1. The van der Waals surface area contributed by atoms with E-state index in [9.17, 15) is 4.79 Å². The number of hydrogen-bond donors (Lipinski definition) is 0. The van der Waals surface area contributed by atoms with Gasteiger partial charge < -0.3 is 0 Å². The van der Waals surface area contributed by atoms with Gasteiger partial charge in [0.2, 0.25) is 0 Å². The quantitative estimate of drug-likeness (QED) is 0.600. The maximum Gasteiger partial charge on any atom is 0.261 e. The van der Waals surface area contributed by atoms with Crippen molar-refractivity contribution in [3.63, 3.8) is 0 Å². The summed E-state index contributed by atoms with van der Waals surface area (Å²) in [5, 5.41) is 0.746. The molecule has 0 amide bonds. The Balaban J connectivity index is 1.92. The Morgan fingerprint density at radius 1 is 0.957 bits per heavy atom. The molecule has 0 unspecified atom stereocenters. The number of benzene rings is 1. The van der Waals surface area contributed by atoms with Crippen LogP contribution in [0.4, 0.5) is 0 Å². The van der Waals surface area contributed by atoms with Crippen molar-refractivity contribution < 1.29 is 0 Å². The van der Waals surface area contributed by atoms with Gasteiger partial charge in [0.25, 0.3) is 5.56 Å². The predicted octanol–water partition coefficient (Wildman–Crippen LogP) is 5.15. The van der Waals surface area contributed by atoms with Gasteiger partial charge in [-0.05, 0) is 31.9 Å². The van der Waals surface area contributed by atoms with E-state index in [2.05, 4.69) is 11.9 Å². The zero-order valence-electron chi connectivity index (χ0n) is 14.9. The standard InChI is InChI=1S/C20H30N2O/c1-4-5-6-7-8-9-10-11-15-22-17(3)21-19-16(2)13-12-14-18(19)20(22)23/h12-14H,4-11,15H2,1-3H3. The van der Waals surface area contributed by atoms with Gasteiger partial charge in [-0.2, -0.15) is 0 Å². The molecule has 0 bridgehead atoms. The first-order valence-corrected chi connectivity index (χ1v) is 9.12. The third kappa shape index (κ3) is 4.66. The molecule has 0 aliphatic heterocycles. The Morgan fingerprint density at radius 2 is 1.61 bits per heavy atom. The van der Waals surface area contributed by atoms with Gasteiger partial charge in [-0.3, -0.25) is 9.36 Å². The summed E-state index contributed by atoms with van der Waals surface area (Å²) in [6.07, 6.45) is 10.2. The van der Waals surface area contributed by atoms with Crippen LogP contribution in [-0.4, -0.2) is 9.55 Å². The third-order valence-corrected chi connectivity index (χ3v) is 4.61. The van der Waals surface area contributed by atoms with E-state index in [1.807, 2.05) is 36.6 Å². The first-order valence-electron chi connectivity index (χ1n) is 9.12. The van der Waals surface area contributed by atoms with Crippen LogP contribution in [0.15, 0.2) is 23.0 Å². The summed E-state index contributed by atoms with van der Waals surface area (Å²) in [7, 11) is 0. The number of nitrogens with zero attached hydrogens (tertiary/aromatic N) is 2. The summed E-state index contributed by atoms with van der Waals surface area (Å²) < 4.78 is 1.85. The van der Waals surface area contributed by atoms with Gasteiger partial charge in [-0.15, -0.1) is 0 Å². The minimum Gasteiger partial charge on any atom is -0.296 e. The molecule has 0 atom stereocenters. The van der Waals surface area contributed by atoms with Crippen LogP contribution in [0.5, 0.6) is 0 Å². The minimum atomic E-state index is 0.110. The van der Waals surface area contributed by atoms with E-state index in [1.54, 1.807) is 0 Å². The number of para-hydroxylation sites is 1. The van der Waals surface area contributed by atoms with Gasteiger partial charge in [-0.25, -0.2) is 4.98 Å². The van der Waals surface area contributed by atoms with Crippen LogP contribution in [0.3, 0.4) is 0 Å². The number of fused-ring (bicyclic) bond motifs is 1. The second-order valence-corrected chi connectivity index (χ2v) is 6.56. The topological polar surface area (TPSA) is 34.9 Å². The average Bonchev–Trinajstić information content (AvgIpc) is 2.54. The molecular formula is C20H30N2O. The molecule has 1 heterocycles. The fourth-order valence-corrected chi connectivity index (χ4v) is 3.16. The summed E-state index contributed by atoms with van der Waals surface area (Å²) in [6.45, 7) is 6.99. The molecule has 0 N–H and O–H groups in total. The van der Waals surface area contributed by atoms with Crippen molar-refractivity contribution in [2.45, 2.75) is 78.7 Å². The first-order chi connectivity index (χ1) is 11.1. The highest BCUT2D eigenvalue weighted by molar-refractivity contribution is 5.80. The summed E-state index contributed by atoms with van der Waals surface area (Å²) in [5.74, 6) is 0.833. The van der Waals surface area contributed by atoms with Crippen molar-refractivity contribution in [3.05, 3.63) is 39.9 Å². The van der Waals surface area contributed by atoms with Crippen molar-refractivity contribution in [2.75, 3.05) is 0 Å². The van der Waals surface area contributed by atoms with E-state index in [0.717, 1.165) is 35.3 Å². The summed E-state index contributed by atoms with van der Waals surface area (Å²) in [4.78, 5) is 17.3. The highest BCUT2D eigenvalue weighted by atomic mass is 16.1. The van der Waals surface area contributed by atoms with Gasteiger partial charge in [0.05, 0.1) is 10.9 Å². The number of aryl methyl sites for hydroxylation is 2. The highest BCUT2D eigenvalue weighted by Gasteiger charge is 2.09. The Bertz CT molecular complexity index is 688. The molecule has 3 heteroatoms. The van der Waals surface area contributed by atoms with E-state index in [1.165, 1.54) is 44.9 Å². The summed E-state index contributed by atoms with van der Waals surface area (Å²) in [5.41, 5.74) is 2.03. The van der Waals surface area contributed by atoms with Gasteiger partial charge in [-0.1, -0.05) is 64.0 Å². The lowest BCUT2D eigenvalue weighted by Crippen LogP contribution is -2.24. The molecule has 3 nitrogen and oxygen atoms in total. The van der Waals surface area contributed by atoms with Crippen LogP contribution in [0.2, 0.25) is 0 Å². The number of unbranched alkanes of at least 4 members (excludes halogenated alkanes) is 7. The van der Waals surface area contributed by atoms with Gasteiger partial charge in [0.1, 0.15) is 5.82 Å². The maximum atomic E-state index is 12.7. The fourth-order valence-electron chi connectivity index (χ4n) is 3.16. The van der Waals surface area contributed by atoms with Gasteiger partial charge in [0.15, 0.2) is 0 Å². The smallest absolute Gasteiger partial charge is 0.261 e. The van der Waals surface area contributed by atoms with E-state index < -0.39 is 0 Å². The Morgan fingerprint density at radius 3 is 2.30 bits per heavy atom. The van der Waals surface area contributed by atoms with Crippen LogP contribution < -0.4 is 5.56 Å². The average molecular weight is 314 g/mol. The predicted molar refractivity (Wildman–Crippen MR) is 98.1 cm³/mol. The first kappa shape index (κ1) is 17.7. The second kappa shape index (κ2) is 8.85. The fraction of sp³-hybridized carbons (Fsp3) is 0.600. The number of hydrogen-bond acceptors (Lipinski definition) is 2. The monoisotopic (exact) mass is 314 g/mol. The van der Waals surface area contributed by atoms with Crippen molar-refractivity contribution in [2.24, 2.45) is 0 Å². The molecule has 0 aliphatic rings. The summed E-state index contributed by atoms with van der Waals surface area (Å²) >= 11 is 0. The van der Waals surface area contributed by atoms with Crippen molar-refractivity contribution in [1.29, 1.82) is 0 Å². The van der Waals surface area contributed by atoms with E-state index in [-0.39, 0.29) is 5.56 Å². The Labute approximate surface area is 139 Å². The van der Waals surface area contributed by atoms with Crippen molar-refractivity contribution in [3.8, 4) is 0 Å². The van der Waals surface area contributed by atoms with Crippen molar-refractivity contribution >= 4 is 10.9 Å². The van der Waals surface area contributed by atoms with Crippen LogP contribution in [0.25, 0.3) is 10.9 Å². The molecule has 0 saturated carbocycles. The zero-order valence-corrected chi connectivity index (χ0v) is 14.9. The zero-order chi connectivity index (χ0) is 16.7. The largest absolute Gasteiger partial charge is 0.296 e. The Hall–Kier alpha value is -1.64. The van der Waals surface area contributed by atoms with Crippen LogP contribution in [0, 0.1) is 13.8 Å². The normalized spacial score (nSPS) is 11.3. The number of rotatable bonds is 9. The molecule has 0 radical (unpaired) electrons. The molecule has 2 aromatic rings. The molecule has 1 aromatic heterocycles. The number of aromatic nitrogens is 2. The van der Waals surface area contributed by atoms with Gasteiger partial charge in [0, 0.05) is 6.54 Å². The van der Waals surface area contributed by atoms with Crippen molar-refractivity contribution in [1.82, 2.24) is 9.55 Å². The molecule has 1 aromatic carbocycles. The SMILES string of the molecule is CCCCCCCCCCn1c(C)nc2c(C)cccc2c1=O. The second-order valence-electron chi connectivity index (χ2n) is 6.56.